The standard InChI is InChI=1S/C12H11Br2ClN2S/c13-10-5-7(15)1-3-9(10)11(17-16)6-8-2-4-12(14)18-8/h1-5,11,17H,6,16H2. The summed E-state index contributed by atoms with van der Waals surface area (Å²) < 4.78 is 2.09. The normalized spacial score (nSPS) is 12.7. The SMILES string of the molecule is NNC(Cc1ccc(Br)s1)c1ccc(Cl)cc1Br. The van der Waals surface area contributed by atoms with Crippen LogP contribution in [0.15, 0.2) is 38.6 Å². The van der Waals surface area contributed by atoms with Gasteiger partial charge in [-0.1, -0.05) is 33.6 Å². The lowest BCUT2D eigenvalue weighted by Crippen LogP contribution is -2.29. The molecular formula is C12H11Br2ClN2S. The second-order valence-electron chi connectivity index (χ2n) is 3.80. The van der Waals surface area contributed by atoms with Crippen LogP contribution < -0.4 is 11.3 Å². The largest absolute Gasteiger partial charge is 0.271 e. The van der Waals surface area contributed by atoms with Crippen LogP contribution in [0, 0.1) is 0 Å². The fraction of sp³-hybridized carbons (Fsp3) is 0.167. The van der Waals surface area contributed by atoms with Crippen molar-refractivity contribution in [2.24, 2.45) is 5.84 Å². The first-order valence-corrected chi connectivity index (χ1v) is 8.03. The summed E-state index contributed by atoms with van der Waals surface area (Å²) >= 11 is 14.6. The van der Waals surface area contributed by atoms with Crippen LogP contribution in [0.2, 0.25) is 5.02 Å². The molecule has 0 saturated heterocycles. The van der Waals surface area contributed by atoms with E-state index in [1.807, 2.05) is 24.3 Å². The first-order chi connectivity index (χ1) is 8.60. The van der Waals surface area contributed by atoms with Crippen LogP contribution in [0.1, 0.15) is 16.5 Å². The minimum atomic E-state index is 0.0576. The molecule has 2 nitrogen and oxygen atoms in total. The molecule has 1 aromatic heterocycles. The molecule has 18 heavy (non-hydrogen) atoms. The maximum atomic E-state index is 5.94. The molecule has 0 aliphatic carbocycles. The van der Waals surface area contributed by atoms with Crippen LogP contribution in [0.25, 0.3) is 0 Å². The van der Waals surface area contributed by atoms with E-state index in [4.69, 9.17) is 17.4 Å². The fourth-order valence-corrected chi connectivity index (χ4v) is 4.19. The Hall–Kier alpha value is 0.0900. The molecule has 0 spiro atoms. The van der Waals surface area contributed by atoms with Gasteiger partial charge in [0.25, 0.3) is 0 Å². The summed E-state index contributed by atoms with van der Waals surface area (Å²) in [6.07, 6.45) is 0.840. The molecule has 2 rings (SSSR count). The van der Waals surface area contributed by atoms with E-state index in [0.29, 0.717) is 5.02 Å². The van der Waals surface area contributed by atoms with Crippen molar-refractivity contribution in [3.05, 3.63) is 54.1 Å². The summed E-state index contributed by atoms with van der Waals surface area (Å²) in [4.78, 5) is 1.27. The number of hydrogen-bond acceptors (Lipinski definition) is 3. The van der Waals surface area contributed by atoms with Crippen LogP contribution in [-0.4, -0.2) is 0 Å². The smallest absolute Gasteiger partial charge is 0.0701 e. The van der Waals surface area contributed by atoms with E-state index >= 15 is 0 Å². The van der Waals surface area contributed by atoms with Gasteiger partial charge in [0.15, 0.2) is 0 Å². The van der Waals surface area contributed by atoms with Crippen molar-refractivity contribution >= 4 is 54.8 Å². The lowest BCUT2D eigenvalue weighted by Gasteiger charge is -2.17. The highest BCUT2D eigenvalue weighted by Crippen LogP contribution is 2.31. The highest BCUT2D eigenvalue weighted by molar-refractivity contribution is 9.11. The summed E-state index contributed by atoms with van der Waals surface area (Å²) in [5, 5.41) is 0.709. The molecule has 1 unspecified atom stereocenters. The van der Waals surface area contributed by atoms with E-state index < -0.39 is 0 Å². The van der Waals surface area contributed by atoms with Gasteiger partial charge in [-0.2, -0.15) is 0 Å². The first kappa shape index (κ1) is 14.5. The Labute approximate surface area is 132 Å². The number of hydrazine groups is 1. The zero-order valence-corrected chi connectivity index (χ0v) is 14.0. The van der Waals surface area contributed by atoms with Gasteiger partial charge in [0.1, 0.15) is 0 Å². The predicted octanol–water partition coefficient (Wildman–Crippen LogP) is 4.67. The van der Waals surface area contributed by atoms with E-state index in [1.54, 1.807) is 11.3 Å². The second-order valence-corrected chi connectivity index (χ2v) is 7.63. The minimum Gasteiger partial charge on any atom is -0.271 e. The van der Waals surface area contributed by atoms with E-state index in [2.05, 4.69) is 43.4 Å². The lowest BCUT2D eigenvalue weighted by atomic mass is 10.0. The zero-order valence-electron chi connectivity index (χ0n) is 9.29. The van der Waals surface area contributed by atoms with Gasteiger partial charge in [-0.3, -0.25) is 11.3 Å². The number of rotatable bonds is 4. The fourth-order valence-electron chi connectivity index (χ4n) is 1.71. The Morgan fingerprint density at radius 1 is 1.28 bits per heavy atom. The van der Waals surface area contributed by atoms with Crippen molar-refractivity contribution in [1.29, 1.82) is 0 Å². The third-order valence-corrected chi connectivity index (χ3v) is 5.14. The zero-order chi connectivity index (χ0) is 13.1. The Morgan fingerprint density at radius 3 is 2.61 bits per heavy atom. The highest BCUT2D eigenvalue weighted by Gasteiger charge is 2.15. The maximum Gasteiger partial charge on any atom is 0.0701 e. The third-order valence-electron chi connectivity index (χ3n) is 2.57. The molecule has 0 aliphatic heterocycles. The summed E-state index contributed by atoms with van der Waals surface area (Å²) in [7, 11) is 0. The van der Waals surface area contributed by atoms with Gasteiger partial charge in [-0.15, -0.1) is 11.3 Å². The first-order valence-electron chi connectivity index (χ1n) is 5.25. The summed E-state index contributed by atoms with van der Waals surface area (Å²) in [5.74, 6) is 5.66. The van der Waals surface area contributed by atoms with Crippen LogP contribution in [-0.2, 0) is 6.42 Å². The molecule has 1 atom stereocenters. The van der Waals surface area contributed by atoms with E-state index in [0.717, 1.165) is 20.2 Å². The number of thiophene rings is 1. The van der Waals surface area contributed by atoms with Gasteiger partial charge >= 0.3 is 0 Å². The average molecular weight is 411 g/mol. The topological polar surface area (TPSA) is 38.0 Å². The molecule has 96 valence electrons. The monoisotopic (exact) mass is 408 g/mol. The van der Waals surface area contributed by atoms with Crippen LogP contribution in [0.4, 0.5) is 0 Å². The minimum absolute atomic E-state index is 0.0576. The molecule has 0 radical (unpaired) electrons. The van der Waals surface area contributed by atoms with Crippen molar-refractivity contribution in [2.45, 2.75) is 12.5 Å². The lowest BCUT2D eigenvalue weighted by molar-refractivity contribution is 0.553. The Bertz CT molecular complexity index is 545. The van der Waals surface area contributed by atoms with E-state index in [-0.39, 0.29) is 6.04 Å². The number of halogens is 3. The average Bonchev–Trinajstić information content (AvgIpc) is 2.72. The van der Waals surface area contributed by atoms with Gasteiger partial charge in [0.2, 0.25) is 0 Å². The molecule has 3 N–H and O–H groups in total. The molecule has 6 heteroatoms. The molecular weight excluding hydrogens is 399 g/mol. The number of nitrogens with two attached hydrogens (primary N) is 1. The summed E-state index contributed by atoms with van der Waals surface area (Å²) in [6, 6.07) is 9.94. The summed E-state index contributed by atoms with van der Waals surface area (Å²) in [5.41, 5.74) is 3.96. The quantitative estimate of drug-likeness (QED) is 0.568. The van der Waals surface area contributed by atoms with Crippen molar-refractivity contribution < 1.29 is 0 Å². The molecule has 0 bridgehead atoms. The van der Waals surface area contributed by atoms with Crippen molar-refractivity contribution in [1.82, 2.24) is 5.43 Å². The number of benzene rings is 1. The van der Waals surface area contributed by atoms with Crippen LogP contribution in [0.5, 0.6) is 0 Å². The Kier molecular flexibility index (Phi) is 5.24. The van der Waals surface area contributed by atoms with Gasteiger partial charge in [0.05, 0.1) is 9.83 Å². The van der Waals surface area contributed by atoms with Crippen LogP contribution >= 0.6 is 54.8 Å². The Morgan fingerprint density at radius 2 is 2.06 bits per heavy atom. The summed E-state index contributed by atoms with van der Waals surface area (Å²) in [6.45, 7) is 0. The van der Waals surface area contributed by atoms with Crippen LogP contribution in [0.3, 0.4) is 0 Å². The van der Waals surface area contributed by atoms with Crippen molar-refractivity contribution in [3.63, 3.8) is 0 Å². The molecule has 0 fully saturated rings. The molecule has 0 amide bonds. The van der Waals surface area contributed by atoms with E-state index in [9.17, 15) is 0 Å². The highest BCUT2D eigenvalue weighted by atomic mass is 79.9. The van der Waals surface area contributed by atoms with Gasteiger partial charge in [-0.25, -0.2) is 0 Å². The maximum absolute atomic E-state index is 5.94. The predicted molar refractivity (Wildman–Crippen MR) is 84.9 cm³/mol. The second kappa shape index (κ2) is 6.50. The van der Waals surface area contributed by atoms with Crippen molar-refractivity contribution in [3.8, 4) is 0 Å². The van der Waals surface area contributed by atoms with Gasteiger partial charge < -0.3 is 0 Å². The molecule has 2 aromatic rings. The number of hydrogen-bond donors (Lipinski definition) is 2. The van der Waals surface area contributed by atoms with Crippen molar-refractivity contribution in [2.75, 3.05) is 0 Å². The molecule has 0 aliphatic rings. The Balaban J connectivity index is 2.22. The van der Waals surface area contributed by atoms with Gasteiger partial charge in [0, 0.05) is 20.8 Å². The molecule has 0 saturated carbocycles. The number of nitrogens with one attached hydrogen (secondary N) is 1. The molecule has 1 aromatic carbocycles. The molecule has 1 heterocycles. The third kappa shape index (κ3) is 3.56. The van der Waals surface area contributed by atoms with E-state index in [1.165, 1.54) is 4.88 Å². The van der Waals surface area contributed by atoms with Gasteiger partial charge in [-0.05, 0) is 45.8 Å².